The van der Waals surface area contributed by atoms with E-state index >= 15 is 0 Å². The van der Waals surface area contributed by atoms with Gasteiger partial charge in [0.15, 0.2) is 0 Å². The van der Waals surface area contributed by atoms with Gasteiger partial charge in [-0.25, -0.2) is 0 Å². The summed E-state index contributed by atoms with van der Waals surface area (Å²) in [6.07, 6.45) is 6.39. The highest BCUT2D eigenvalue weighted by Gasteiger charge is 2.22. The van der Waals surface area contributed by atoms with E-state index in [1.807, 2.05) is 0 Å². The summed E-state index contributed by atoms with van der Waals surface area (Å²) in [6.45, 7) is 18.8. The summed E-state index contributed by atoms with van der Waals surface area (Å²) >= 11 is 2.50. The maximum absolute atomic E-state index is 3.91. The second-order valence-corrected chi connectivity index (χ2v) is 8.91. The molecule has 1 nitrogen and oxygen atoms in total. The Morgan fingerprint density at radius 2 is 1.57 bits per heavy atom. The molecule has 0 aliphatic rings. The van der Waals surface area contributed by atoms with Crippen LogP contribution in [0.25, 0.3) is 0 Å². The lowest BCUT2D eigenvalue weighted by molar-refractivity contribution is 0.268. The van der Waals surface area contributed by atoms with Crippen molar-refractivity contribution in [1.29, 1.82) is 0 Å². The van der Waals surface area contributed by atoms with Gasteiger partial charge in [-0.15, -0.1) is 0 Å². The molecular weight excluding hydrogens is 393 g/mol. The van der Waals surface area contributed by atoms with E-state index in [9.17, 15) is 0 Å². The Balaban J connectivity index is 4.97. The second-order valence-electron chi connectivity index (χ2n) is 8.03. The molecule has 0 spiro atoms. The van der Waals surface area contributed by atoms with Crippen molar-refractivity contribution in [2.45, 2.75) is 99.6 Å². The molecule has 0 aliphatic carbocycles. The van der Waals surface area contributed by atoms with Gasteiger partial charge < -0.3 is 5.32 Å². The molecule has 0 heterocycles. The molecule has 0 rings (SSSR count). The topological polar surface area (TPSA) is 12.0 Å². The highest BCUT2D eigenvalue weighted by molar-refractivity contribution is 14.1. The van der Waals surface area contributed by atoms with Crippen LogP contribution in [0.2, 0.25) is 0 Å². The molecule has 0 aliphatic heterocycles. The molecule has 1 N–H and O–H groups in total. The molecular formula is C21H42IN. The molecule has 138 valence electrons. The van der Waals surface area contributed by atoms with Crippen LogP contribution in [0.1, 0.15) is 87.5 Å². The Bertz CT molecular complexity index is 323. The highest BCUT2D eigenvalue weighted by atomic mass is 127. The number of hydrogen-bond donors (Lipinski definition) is 1. The first kappa shape index (κ1) is 23.4. The lowest BCUT2D eigenvalue weighted by Gasteiger charge is -2.31. The Labute approximate surface area is 160 Å². The smallest absolute Gasteiger partial charge is 0.0147 e. The quantitative estimate of drug-likeness (QED) is 0.198. The molecule has 0 aromatic rings. The minimum Gasteiger partial charge on any atom is -0.311 e. The third-order valence-corrected chi connectivity index (χ3v) is 6.81. The third kappa shape index (κ3) is 10.1. The third-order valence-electron chi connectivity index (χ3n) is 5.49. The van der Waals surface area contributed by atoms with Gasteiger partial charge in [-0.3, -0.25) is 0 Å². The van der Waals surface area contributed by atoms with Gasteiger partial charge in [-0.2, -0.15) is 0 Å². The first-order valence-corrected chi connectivity index (χ1v) is 11.2. The highest BCUT2D eigenvalue weighted by Crippen LogP contribution is 2.29. The van der Waals surface area contributed by atoms with E-state index in [0.717, 1.165) is 17.8 Å². The van der Waals surface area contributed by atoms with Gasteiger partial charge in [-0.05, 0) is 64.2 Å². The first-order chi connectivity index (χ1) is 10.7. The minimum absolute atomic E-state index is 0.617. The molecule has 0 aromatic carbocycles. The largest absolute Gasteiger partial charge is 0.311 e. The molecule has 0 saturated carbocycles. The summed E-state index contributed by atoms with van der Waals surface area (Å²) in [5.74, 6) is 2.36. The fourth-order valence-electron chi connectivity index (χ4n) is 3.16. The molecule has 4 atom stereocenters. The Kier molecular flexibility index (Phi) is 13.0. The fourth-order valence-corrected chi connectivity index (χ4v) is 3.41. The van der Waals surface area contributed by atoms with E-state index in [0.29, 0.717) is 12.1 Å². The van der Waals surface area contributed by atoms with E-state index < -0.39 is 0 Å². The molecule has 2 heteroatoms. The summed E-state index contributed by atoms with van der Waals surface area (Å²) in [5, 5.41) is 3.91. The van der Waals surface area contributed by atoms with Gasteiger partial charge in [0.05, 0.1) is 0 Å². The molecule has 23 heavy (non-hydrogen) atoms. The maximum atomic E-state index is 3.91. The van der Waals surface area contributed by atoms with E-state index in [1.54, 1.807) is 11.1 Å². The van der Waals surface area contributed by atoms with Crippen molar-refractivity contribution >= 4 is 22.6 Å². The average molecular weight is 435 g/mol. The molecule has 0 aromatic heterocycles. The van der Waals surface area contributed by atoms with Crippen LogP contribution in [-0.2, 0) is 0 Å². The Morgan fingerprint density at radius 3 is 2.00 bits per heavy atom. The van der Waals surface area contributed by atoms with Crippen LogP contribution in [0.5, 0.6) is 0 Å². The van der Waals surface area contributed by atoms with Crippen LogP contribution in [0.15, 0.2) is 11.1 Å². The maximum Gasteiger partial charge on any atom is 0.0147 e. The van der Waals surface area contributed by atoms with Crippen LogP contribution >= 0.6 is 22.6 Å². The predicted molar refractivity (Wildman–Crippen MR) is 116 cm³/mol. The van der Waals surface area contributed by atoms with Crippen LogP contribution < -0.4 is 5.32 Å². The van der Waals surface area contributed by atoms with Crippen molar-refractivity contribution in [1.82, 2.24) is 5.32 Å². The van der Waals surface area contributed by atoms with Gasteiger partial charge in [-0.1, -0.05) is 74.8 Å². The monoisotopic (exact) mass is 435 g/mol. The van der Waals surface area contributed by atoms with E-state index in [4.69, 9.17) is 0 Å². The van der Waals surface area contributed by atoms with Crippen molar-refractivity contribution < 1.29 is 0 Å². The van der Waals surface area contributed by atoms with E-state index in [1.165, 1.54) is 36.5 Å². The lowest BCUT2D eigenvalue weighted by atomic mass is 9.81. The van der Waals surface area contributed by atoms with Crippen molar-refractivity contribution in [3.05, 3.63) is 11.1 Å². The first-order valence-electron chi connectivity index (χ1n) is 9.72. The van der Waals surface area contributed by atoms with Gasteiger partial charge >= 0.3 is 0 Å². The van der Waals surface area contributed by atoms with Crippen molar-refractivity contribution in [2.24, 2.45) is 17.8 Å². The summed E-state index contributed by atoms with van der Waals surface area (Å²) in [6, 6.07) is 1.28. The second kappa shape index (κ2) is 12.7. The molecule has 0 radical (unpaired) electrons. The number of halogens is 1. The van der Waals surface area contributed by atoms with Crippen LogP contribution in [0, 0.1) is 17.8 Å². The number of allylic oxidation sites excluding steroid dienone is 2. The number of hydrogen-bond acceptors (Lipinski definition) is 1. The normalized spacial score (nSPS) is 18.5. The summed E-state index contributed by atoms with van der Waals surface area (Å²) in [4.78, 5) is 0. The van der Waals surface area contributed by atoms with Crippen LogP contribution in [0.3, 0.4) is 0 Å². The van der Waals surface area contributed by atoms with Crippen molar-refractivity contribution in [2.75, 3.05) is 4.43 Å². The zero-order valence-corrected chi connectivity index (χ0v) is 19.2. The average Bonchev–Trinajstić information content (AvgIpc) is 2.52. The molecule has 0 fully saturated rings. The molecule has 0 saturated heterocycles. The summed E-state index contributed by atoms with van der Waals surface area (Å²) in [7, 11) is 0. The van der Waals surface area contributed by atoms with Gasteiger partial charge in [0.25, 0.3) is 0 Å². The molecule has 0 bridgehead atoms. The zero-order valence-electron chi connectivity index (χ0n) is 17.0. The molecule has 2 unspecified atom stereocenters. The minimum atomic E-state index is 0.617. The van der Waals surface area contributed by atoms with Gasteiger partial charge in [0.1, 0.15) is 0 Å². The van der Waals surface area contributed by atoms with Gasteiger partial charge in [0, 0.05) is 16.5 Å². The molecule has 0 amide bonds. The van der Waals surface area contributed by atoms with Crippen molar-refractivity contribution in [3.63, 3.8) is 0 Å². The number of nitrogens with one attached hydrogen (secondary N) is 1. The van der Waals surface area contributed by atoms with Crippen LogP contribution in [-0.4, -0.2) is 16.5 Å². The lowest BCUT2D eigenvalue weighted by Crippen LogP contribution is -2.40. The van der Waals surface area contributed by atoms with Gasteiger partial charge in [0.2, 0.25) is 0 Å². The Morgan fingerprint density at radius 1 is 0.957 bits per heavy atom. The van der Waals surface area contributed by atoms with E-state index in [-0.39, 0.29) is 0 Å². The zero-order chi connectivity index (χ0) is 18.0. The fraction of sp³-hybridized carbons (Fsp3) is 0.905. The van der Waals surface area contributed by atoms with Crippen molar-refractivity contribution in [3.8, 4) is 0 Å². The predicted octanol–water partition coefficient (Wildman–Crippen LogP) is 7.00. The standard InChI is InChI=1S/C21H42IN/c1-9-16(5)11-21(23-19(8)14-22)13-20(15(3)4)12-18(7)17(6)10-2/h15-16,19-21,23H,9-14H2,1-8H3/b18-17+/t16?,19-,20?,21-/m0/s1. The summed E-state index contributed by atoms with van der Waals surface area (Å²) in [5.41, 5.74) is 3.21. The summed E-state index contributed by atoms with van der Waals surface area (Å²) < 4.78 is 1.19. The number of alkyl halides is 1. The number of rotatable bonds is 12. The SMILES string of the molecule is CC/C(C)=C(\C)CC(C[C@H](CC(C)CC)N[C@@H](C)CI)C(C)C. The van der Waals surface area contributed by atoms with Crippen LogP contribution in [0.4, 0.5) is 0 Å². The Hall–Kier alpha value is 0.430. The van der Waals surface area contributed by atoms with E-state index in [2.05, 4.69) is 83.3 Å².